The topological polar surface area (TPSA) is 40.9 Å². The summed E-state index contributed by atoms with van der Waals surface area (Å²) in [6, 6.07) is 2.44. The van der Waals surface area contributed by atoms with Gasteiger partial charge in [-0.15, -0.1) is 0 Å². The predicted molar refractivity (Wildman–Crippen MR) is 80.2 cm³/mol. The summed E-state index contributed by atoms with van der Waals surface area (Å²) >= 11 is 0. The van der Waals surface area contributed by atoms with Crippen LogP contribution < -0.4 is 0 Å². The summed E-state index contributed by atoms with van der Waals surface area (Å²) in [6.45, 7) is 2.23. The maximum absolute atomic E-state index is 12.8. The maximum atomic E-state index is 12.8. The minimum atomic E-state index is -0.770. The molecule has 19 heavy (non-hydrogen) atoms. The van der Waals surface area contributed by atoms with Crippen molar-refractivity contribution in [2.24, 2.45) is 11.8 Å². The van der Waals surface area contributed by atoms with Crippen LogP contribution in [0.3, 0.4) is 0 Å². The van der Waals surface area contributed by atoms with Crippen molar-refractivity contribution in [2.45, 2.75) is 81.6 Å². The van der Waals surface area contributed by atoms with E-state index in [-0.39, 0.29) is 11.2 Å². The highest BCUT2D eigenvalue weighted by molar-refractivity contribution is 7.86. The van der Waals surface area contributed by atoms with Crippen molar-refractivity contribution in [1.29, 1.82) is 5.26 Å². The molecule has 0 radical (unpaired) electrons. The molecule has 0 spiro atoms. The molecule has 0 aromatic carbocycles. The standard InChI is InChI=1S/C16H27NOS/c1-2-6-13-9-10-14(12-17)16(11-13)19(18)15-7-4-3-5-8-15/h13-16H,2-11H2,1H3. The molecule has 0 bridgehead atoms. The second-order valence-electron chi connectivity index (χ2n) is 6.33. The number of nitriles is 1. The highest BCUT2D eigenvalue weighted by Gasteiger charge is 2.37. The highest BCUT2D eigenvalue weighted by atomic mass is 32.2. The summed E-state index contributed by atoms with van der Waals surface area (Å²) in [5.74, 6) is 0.767. The normalized spacial score (nSPS) is 34.6. The lowest BCUT2D eigenvalue weighted by Crippen LogP contribution is -2.37. The van der Waals surface area contributed by atoms with Crippen molar-refractivity contribution in [2.75, 3.05) is 0 Å². The SMILES string of the molecule is CCCC1CCC(C#N)C(S(=O)C2CCCCC2)C1. The number of hydrogen-bond donors (Lipinski definition) is 0. The van der Waals surface area contributed by atoms with E-state index in [9.17, 15) is 9.47 Å². The third kappa shape index (κ3) is 3.81. The first-order valence-corrected chi connectivity index (χ1v) is 9.32. The first-order chi connectivity index (χ1) is 9.26. The van der Waals surface area contributed by atoms with E-state index in [1.807, 2.05) is 0 Å². The van der Waals surface area contributed by atoms with Gasteiger partial charge in [-0.3, -0.25) is 4.21 Å². The van der Waals surface area contributed by atoms with Gasteiger partial charge in [0, 0.05) is 16.0 Å². The number of hydrogen-bond acceptors (Lipinski definition) is 2. The van der Waals surface area contributed by atoms with Crippen molar-refractivity contribution in [3.8, 4) is 6.07 Å². The summed E-state index contributed by atoms with van der Waals surface area (Å²) in [5, 5.41) is 9.89. The molecule has 2 saturated carbocycles. The van der Waals surface area contributed by atoms with Gasteiger partial charge in [0.15, 0.2) is 0 Å². The molecule has 4 unspecified atom stereocenters. The third-order valence-corrected chi connectivity index (χ3v) is 7.19. The molecular weight excluding hydrogens is 254 g/mol. The zero-order valence-corrected chi connectivity index (χ0v) is 13.0. The number of rotatable bonds is 4. The zero-order chi connectivity index (χ0) is 13.7. The molecule has 2 aliphatic carbocycles. The molecule has 0 amide bonds. The van der Waals surface area contributed by atoms with E-state index in [2.05, 4.69) is 13.0 Å². The van der Waals surface area contributed by atoms with Crippen LogP contribution in [0.25, 0.3) is 0 Å². The van der Waals surface area contributed by atoms with Gasteiger partial charge in [0.25, 0.3) is 0 Å². The second-order valence-corrected chi connectivity index (χ2v) is 8.26. The molecule has 3 heteroatoms. The Morgan fingerprint density at radius 1 is 1.16 bits per heavy atom. The predicted octanol–water partition coefficient (Wildman–Crippen LogP) is 4.18. The summed E-state index contributed by atoms with van der Waals surface area (Å²) in [4.78, 5) is 0. The molecule has 0 aromatic heterocycles. The summed E-state index contributed by atoms with van der Waals surface area (Å²) in [6.07, 6.45) is 11.7. The Bertz CT molecular complexity index is 343. The monoisotopic (exact) mass is 281 g/mol. The largest absolute Gasteiger partial charge is 0.259 e. The zero-order valence-electron chi connectivity index (χ0n) is 12.1. The Kier molecular flexibility index (Phi) is 5.88. The molecule has 0 N–H and O–H groups in total. The summed E-state index contributed by atoms with van der Waals surface area (Å²) in [5.41, 5.74) is 0. The molecule has 4 atom stereocenters. The quantitative estimate of drug-likeness (QED) is 0.775. The summed E-state index contributed by atoms with van der Waals surface area (Å²) < 4.78 is 12.8. The van der Waals surface area contributed by atoms with Gasteiger partial charge in [-0.1, -0.05) is 39.0 Å². The first kappa shape index (κ1) is 15.0. The maximum Gasteiger partial charge on any atom is 0.0668 e. The Labute approximate surface area is 120 Å². The van der Waals surface area contributed by atoms with E-state index in [0.29, 0.717) is 11.2 Å². The number of nitrogens with zero attached hydrogens (tertiary/aromatic N) is 1. The van der Waals surface area contributed by atoms with Gasteiger partial charge in [-0.05, 0) is 38.0 Å². The Morgan fingerprint density at radius 3 is 2.53 bits per heavy atom. The van der Waals surface area contributed by atoms with Crippen molar-refractivity contribution in [1.82, 2.24) is 0 Å². The Morgan fingerprint density at radius 2 is 1.89 bits per heavy atom. The van der Waals surface area contributed by atoms with Crippen LogP contribution in [0, 0.1) is 23.2 Å². The lowest BCUT2D eigenvalue weighted by atomic mass is 9.80. The fraction of sp³-hybridized carbons (Fsp3) is 0.938. The third-order valence-electron chi connectivity index (χ3n) is 4.94. The van der Waals surface area contributed by atoms with Crippen LogP contribution in [0.2, 0.25) is 0 Å². The van der Waals surface area contributed by atoms with Gasteiger partial charge >= 0.3 is 0 Å². The Balaban J connectivity index is 2.00. The molecule has 0 aromatic rings. The highest BCUT2D eigenvalue weighted by Crippen LogP contribution is 2.37. The van der Waals surface area contributed by atoms with E-state index >= 15 is 0 Å². The lowest BCUT2D eigenvalue weighted by Gasteiger charge is -2.35. The van der Waals surface area contributed by atoms with Crippen molar-refractivity contribution < 1.29 is 4.21 Å². The van der Waals surface area contributed by atoms with Crippen LogP contribution in [-0.4, -0.2) is 14.7 Å². The van der Waals surface area contributed by atoms with Gasteiger partial charge in [-0.2, -0.15) is 5.26 Å². The second kappa shape index (κ2) is 7.43. The average molecular weight is 281 g/mol. The fourth-order valence-corrected chi connectivity index (χ4v) is 6.11. The first-order valence-electron chi connectivity index (χ1n) is 8.05. The molecule has 2 aliphatic rings. The van der Waals surface area contributed by atoms with Crippen LogP contribution >= 0.6 is 0 Å². The molecule has 0 saturated heterocycles. The lowest BCUT2D eigenvalue weighted by molar-refractivity contribution is 0.301. The van der Waals surface area contributed by atoms with Crippen molar-refractivity contribution in [3.05, 3.63) is 0 Å². The van der Waals surface area contributed by atoms with Crippen LogP contribution in [0.5, 0.6) is 0 Å². The molecule has 2 nitrogen and oxygen atoms in total. The molecule has 108 valence electrons. The molecule has 0 aliphatic heterocycles. The van der Waals surface area contributed by atoms with Gasteiger partial charge in [-0.25, -0.2) is 0 Å². The van der Waals surface area contributed by atoms with E-state index < -0.39 is 10.8 Å². The van der Waals surface area contributed by atoms with E-state index in [0.717, 1.165) is 25.7 Å². The minimum Gasteiger partial charge on any atom is -0.259 e. The van der Waals surface area contributed by atoms with Crippen molar-refractivity contribution >= 4 is 10.8 Å². The summed E-state index contributed by atoms with van der Waals surface area (Å²) in [7, 11) is -0.770. The van der Waals surface area contributed by atoms with E-state index in [4.69, 9.17) is 0 Å². The van der Waals surface area contributed by atoms with Crippen LogP contribution in [0.15, 0.2) is 0 Å². The smallest absolute Gasteiger partial charge is 0.0668 e. The molecular formula is C16H27NOS. The van der Waals surface area contributed by atoms with Crippen molar-refractivity contribution in [3.63, 3.8) is 0 Å². The van der Waals surface area contributed by atoms with Crippen LogP contribution in [-0.2, 0) is 10.8 Å². The molecule has 2 rings (SSSR count). The van der Waals surface area contributed by atoms with E-state index in [1.54, 1.807) is 0 Å². The fourth-order valence-electron chi connectivity index (χ4n) is 3.83. The van der Waals surface area contributed by atoms with Gasteiger partial charge in [0.05, 0.1) is 17.2 Å². The van der Waals surface area contributed by atoms with Crippen LogP contribution in [0.1, 0.15) is 71.1 Å². The van der Waals surface area contributed by atoms with Crippen LogP contribution in [0.4, 0.5) is 0 Å². The average Bonchev–Trinajstić information content (AvgIpc) is 2.47. The Hall–Kier alpha value is -0.360. The minimum absolute atomic E-state index is 0.0517. The molecule has 0 heterocycles. The van der Waals surface area contributed by atoms with Gasteiger partial charge < -0.3 is 0 Å². The van der Waals surface area contributed by atoms with Gasteiger partial charge in [0.2, 0.25) is 0 Å². The van der Waals surface area contributed by atoms with Gasteiger partial charge in [0.1, 0.15) is 0 Å². The molecule has 2 fully saturated rings. The van der Waals surface area contributed by atoms with E-state index in [1.165, 1.54) is 38.5 Å².